The average Bonchev–Trinajstić information content (AvgIpc) is 2.88. The number of hydrogen-bond donors (Lipinski definition) is 1. The number of ether oxygens (including phenoxy) is 3. The van der Waals surface area contributed by atoms with Crippen LogP contribution in [0.3, 0.4) is 0 Å². The highest BCUT2D eigenvalue weighted by molar-refractivity contribution is 14.1. The zero-order valence-corrected chi connectivity index (χ0v) is 18.0. The Bertz CT molecular complexity index is 856. The van der Waals surface area contributed by atoms with Crippen molar-refractivity contribution in [1.29, 1.82) is 0 Å². The van der Waals surface area contributed by atoms with Gasteiger partial charge >= 0.3 is 5.97 Å². The van der Waals surface area contributed by atoms with Gasteiger partial charge in [-0.2, -0.15) is 0 Å². The third kappa shape index (κ3) is 5.38. The van der Waals surface area contributed by atoms with Crippen LogP contribution in [0, 0.1) is 3.57 Å². The summed E-state index contributed by atoms with van der Waals surface area (Å²) in [5, 5.41) is -0.562. The molecule has 0 aromatic heterocycles. The summed E-state index contributed by atoms with van der Waals surface area (Å²) in [4.78, 5) is 47.6. The molecular formula is C17H17IN2O7S. The number of imide groups is 1. The van der Waals surface area contributed by atoms with Crippen molar-refractivity contribution < 1.29 is 33.4 Å². The van der Waals surface area contributed by atoms with Crippen LogP contribution in [0.4, 0.5) is 4.79 Å². The topological polar surface area (TPSA) is 125 Å². The highest BCUT2D eigenvalue weighted by Crippen LogP contribution is 2.37. The van der Waals surface area contributed by atoms with Crippen molar-refractivity contribution in [2.75, 3.05) is 26.9 Å². The average molecular weight is 520 g/mol. The number of benzene rings is 1. The zero-order valence-electron chi connectivity index (χ0n) is 15.0. The quantitative estimate of drug-likeness (QED) is 0.313. The molecule has 0 unspecified atom stereocenters. The number of amides is 3. The van der Waals surface area contributed by atoms with Crippen LogP contribution in [0.25, 0.3) is 6.08 Å². The Morgan fingerprint density at radius 2 is 2.00 bits per heavy atom. The van der Waals surface area contributed by atoms with Crippen LogP contribution < -0.4 is 15.2 Å². The van der Waals surface area contributed by atoms with E-state index in [1.165, 1.54) is 13.2 Å². The fourth-order valence-corrected chi connectivity index (χ4v) is 3.83. The first-order valence-electron chi connectivity index (χ1n) is 7.96. The number of halogens is 1. The maximum atomic E-state index is 12.3. The molecule has 1 saturated heterocycles. The third-order valence-corrected chi connectivity index (χ3v) is 5.09. The molecule has 1 aliphatic heterocycles. The summed E-state index contributed by atoms with van der Waals surface area (Å²) in [5.41, 5.74) is 5.65. The highest BCUT2D eigenvalue weighted by Gasteiger charge is 2.35. The minimum atomic E-state index is -0.774. The van der Waals surface area contributed by atoms with Crippen molar-refractivity contribution in [2.45, 2.75) is 6.92 Å². The lowest BCUT2D eigenvalue weighted by Gasteiger charge is -2.14. The molecule has 1 aromatic carbocycles. The minimum absolute atomic E-state index is 0.160. The normalized spacial score (nSPS) is 15.1. The molecule has 0 atom stereocenters. The van der Waals surface area contributed by atoms with Gasteiger partial charge in [0.2, 0.25) is 5.91 Å². The monoisotopic (exact) mass is 520 g/mol. The number of hydrogen-bond acceptors (Lipinski definition) is 8. The molecule has 1 aromatic rings. The second-order valence-corrected chi connectivity index (χ2v) is 7.52. The van der Waals surface area contributed by atoms with E-state index >= 15 is 0 Å². The number of thioether (sulfide) groups is 1. The molecule has 0 spiro atoms. The van der Waals surface area contributed by atoms with Crippen LogP contribution in [-0.2, 0) is 19.1 Å². The molecule has 2 N–H and O–H groups in total. The number of rotatable bonds is 8. The van der Waals surface area contributed by atoms with Crippen LogP contribution in [-0.4, -0.2) is 54.8 Å². The summed E-state index contributed by atoms with van der Waals surface area (Å²) in [6.07, 6.45) is 1.51. The van der Waals surface area contributed by atoms with Gasteiger partial charge in [-0.3, -0.25) is 19.3 Å². The molecular weight excluding hydrogens is 503 g/mol. The van der Waals surface area contributed by atoms with Crippen molar-refractivity contribution in [3.05, 3.63) is 26.2 Å². The van der Waals surface area contributed by atoms with Gasteiger partial charge in [-0.15, -0.1) is 0 Å². The SMILES string of the molecule is CCOc1cc(/C=C2\SC(=O)N(CC(N)=O)C2=O)cc(I)c1OCC(=O)OC. The molecule has 1 aliphatic rings. The summed E-state index contributed by atoms with van der Waals surface area (Å²) in [6.45, 7) is 1.39. The van der Waals surface area contributed by atoms with Gasteiger partial charge in [0.1, 0.15) is 6.54 Å². The van der Waals surface area contributed by atoms with Crippen molar-refractivity contribution >= 4 is 63.5 Å². The van der Waals surface area contributed by atoms with E-state index in [-0.39, 0.29) is 11.5 Å². The second-order valence-electron chi connectivity index (χ2n) is 5.36. The largest absolute Gasteiger partial charge is 0.490 e. The number of nitrogens with zero attached hydrogens (tertiary/aromatic N) is 1. The van der Waals surface area contributed by atoms with Crippen molar-refractivity contribution in [3.8, 4) is 11.5 Å². The fourth-order valence-electron chi connectivity index (χ4n) is 2.21. The molecule has 0 saturated carbocycles. The van der Waals surface area contributed by atoms with E-state index in [4.69, 9.17) is 15.2 Å². The maximum Gasteiger partial charge on any atom is 0.343 e. The lowest BCUT2D eigenvalue weighted by atomic mass is 10.2. The summed E-state index contributed by atoms with van der Waals surface area (Å²) in [7, 11) is 1.26. The van der Waals surface area contributed by atoms with E-state index in [0.29, 0.717) is 27.2 Å². The summed E-state index contributed by atoms with van der Waals surface area (Å²) in [6, 6.07) is 3.33. The Morgan fingerprint density at radius 1 is 1.29 bits per heavy atom. The van der Waals surface area contributed by atoms with Gasteiger partial charge in [0.05, 0.1) is 22.2 Å². The summed E-state index contributed by atoms with van der Waals surface area (Å²) >= 11 is 2.73. The van der Waals surface area contributed by atoms with Crippen molar-refractivity contribution in [3.63, 3.8) is 0 Å². The molecule has 11 heteroatoms. The molecule has 3 amide bonds. The van der Waals surface area contributed by atoms with Gasteiger partial charge in [-0.05, 0) is 65.0 Å². The van der Waals surface area contributed by atoms with Gasteiger partial charge in [-0.25, -0.2) is 4.79 Å². The van der Waals surface area contributed by atoms with Gasteiger partial charge in [0, 0.05) is 0 Å². The lowest BCUT2D eigenvalue weighted by molar-refractivity contribution is -0.143. The number of carbonyl (C=O) groups is 4. The smallest absolute Gasteiger partial charge is 0.343 e. The molecule has 150 valence electrons. The van der Waals surface area contributed by atoms with E-state index in [2.05, 4.69) is 4.74 Å². The molecule has 0 aliphatic carbocycles. The Kier molecular flexibility index (Phi) is 7.69. The first kappa shape index (κ1) is 22.0. The Balaban J connectivity index is 2.32. The van der Waals surface area contributed by atoms with Gasteiger partial charge in [-0.1, -0.05) is 0 Å². The third-order valence-electron chi connectivity index (χ3n) is 3.38. The van der Waals surface area contributed by atoms with Crippen LogP contribution >= 0.6 is 34.4 Å². The lowest BCUT2D eigenvalue weighted by Crippen LogP contribution is -2.36. The zero-order chi connectivity index (χ0) is 20.8. The van der Waals surface area contributed by atoms with Crippen LogP contribution in [0.5, 0.6) is 11.5 Å². The van der Waals surface area contributed by atoms with Gasteiger partial charge in [0.15, 0.2) is 18.1 Å². The van der Waals surface area contributed by atoms with Crippen molar-refractivity contribution in [2.24, 2.45) is 5.73 Å². The van der Waals surface area contributed by atoms with Crippen LogP contribution in [0.1, 0.15) is 12.5 Å². The Labute approximate surface area is 178 Å². The Morgan fingerprint density at radius 3 is 2.61 bits per heavy atom. The molecule has 0 radical (unpaired) electrons. The predicted molar refractivity (Wildman–Crippen MR) is 110 cm³/mol. The van der Waals surface area contributed by atoms with E-state index in [9.17, 15) is 19.2 Å². The maximum absolute atomic E-state index is 12.3. The highest BCUT2D eigenvalue weighted by atomic mass is 127. The molecule has 9 nitrogen and oxygen atoms in total. The van der Waals surface area contributed by atoms with E-state index < -0.39 is 29.6 Å². The van der Waals surface area contributed by atoms with Gasteiger partial charge in [0.25, 0.3) is 11.1 Å². The van der Waals surface area contributed by atoms with E-state index in [1.54, 1.807) is 19.1 Å². The number of carbonyl (C=O) groups excluding carboxylic acids is 4. The number of esters is 1. The van der Waals surface area contributed by atoms with Crippen LogP contribution in [0.15, 0.2) is 17.0 Å². The fraction of sp³-hybridized carbons (Fsp3) is 0.294. The molecule has 28 heavy (non-hydrogen) atoms. The van der Waals surface area contributed by atoms with E-state index in [1.807, 2.05) is 22.6 Å². The van der Waals surface area contributed by atoms with E-state index in [0.717, 1.165) is 16.7 Å². The molecule has 1 fully saturated rings. The predicted octanol–water partition coefficient (Wildman–Crippen LogP) is 1.76. The standard InChI is InChI=1S/C17H17IN2O7S/c1-3-26-11-5-9(4-10(18)15(11)27-8-14(22)25-2)6-12-16(23)20(7-13(19)21)17(24)28-12/h4-6H,3,7-8H2,1-2H3,(H2,19,21)/b12-6-. The number of methoxy groups -OCH3 is 1. The number of nitrogens with two attached hydrogens (primary N) is 1. The first-order chi connectivity index (χ1) is 13.3. The Hall–Kier alpha value is -2.28. The minimum Gasteiger partial charge on any atom is -0.490 e. The molecule has 0 bridgehead atoms. The first-order valence-corrected chi connectivity index (χ1v) is 9.86. The summed E-state index contributed by atoms with van der Waals surface area (Å²) < 4.78 is 16.2. The van der Waals surface area contributed by atoms with Gasteiger partial charge < -0.3 is 19.9 Å². The second kappa shape index (κ2) is 9.78. The van der Waals surface area contributed by atoms with Crippen molar-refractivity contribution in [1.82, 2.24) is 4.90 Å². The molecule has 2 rings (SSSR count). The van der Waals surface area contributed by atoms with Crippen LogP contribution in [0.2, 0.25) is 0 Å². The number of primary amides is 1. The molecule has 1 heterocycles. The summed E-state index contributed by atoms with van der Waals surface area (Å²) in [5.74, 6) is -1.16.